The molecule has 0 aromatic heterocycles. The fourth-order valence-corrected chi connectivity index (χ4v) is 3.16. The molecule has 3 N–H and O–H groups in total. The number of carbonyl (C=O) groups is 1. The Morgan fingerprint density at radius 1 is 1.22 bits per heavy atom. The van der Waals surface area contributed by atoms with E-state index >= 15 is 0 Å². The Morgan fingerprint density at radius 3 is 2.85 bits per heavy atom. The van der Waals surface area contributed by atoms with E-state index in [1.165, 1.54) is 29.5 Å². The molecule has 6 heteroatoms. The number of carbonyl (C=O) groups excluding carboxylic acids is 1. The van der Waals surface area contributed by atoms with Crippen LogP contribution in [-0.2, 0) is 11.2 Å². The minimum Gasteiger partial charge on any atom is -0.504 e. The summed E-state index contributed by atoms with van der Waals surface area (Å²) in [7, 11) is 1.68. The molecule has 142 valence electrons. The SMILES string of the molecule is COc1ccc2c(c1)CCN2CCCNC(=O)/C=C/c1ccc(O)c(O)c1. The van der Waals surface area contributed by atoms with Crippen molar-refractivity contribution in [2.75, 3.05) is 31.6 Å². The maximum absolute atomic E-state index is 11.9. The zero-order valence-electron chi connectivity index (χ0n) is 15.3. The lowest BCUT2D eigenvalue weighted by molar-refractivity contribution is -0.116. The Bertz CT molecular complexity index is 848. The van der Waals surface area contributed by atoms with Gasteiger partial charge in [0.2, 0.25) is 5.91 Å². The topological polar surface area (TPSA) is 82.0 Å². The molecule has 0 bridgehead atoms. The van der Waals surface area contributed by atoms with Crippen LogP contribution in [0.3, 0.4) is 0 Å². The Balaban J connectivity index is 1.42. The molecule has 1 heterocycles. The summed E-state index contributed by atoms with van der Waals surface area (Å²) in [6.45, 7) is 2.46. The van der Waals surface area contributed by atoms with E-state index in [0.29, 0.717) is 12.1 Å². The third kappa shape index (κ3) is 4.73. The molecule has 2 aromatic carbocycles. The molecule has 6 nitrogen and oxygen atoms in total. The summed E-state index contributed by atoms with van der Waals surface area (Å²) in [6, 6.07) is 10.6. The van der Waals surface area contributed by atoms with E-state index in [0.717, 1.165) is 31.7 Å². The summed E-state index contributed by atoms with van der Waals surface area (Å²) < 4.78 is 5.27. The average Bonchev–Trinajstić information content (AvgIpc) is 3.08. The van der Waals surface area contributed by atoms with Crippen molar-refractivity contribution in [2.24, 2.45) is 0 Å². The van der Waals surface area contributed by atoms with Gasteiger partial charge in [0.25, 0.3) is 0 Å². The third-order valence-electron chi connectivity index (χ3n) is 4.61. The third-order valence-corrected chi connectivity index (χ3v) is 4.61. The van der Waals surface area contributed by atoms with Crippen LogP contribution in [0.2, 0.25) is 0 Å². The number of hydrogen-bond donors (Lipinski definition) is 3. The number of rotatable bonds is 7. The largest absolute Gasteiger partial charge is 0.504 e. The van der Waals surface area contributed by atoms with Crippen LogP contribution in [0.5, 0.6) is 17.2 Å². The minimum atomic E-state index is -0.207. The van der Waals surface area contributed by atoms with Crippen molar-refractivity contribution in [3.63, 3.8) is 0 Å². The smallest absolute Gasteiger partial charge is 0.244 e. The molecule has 27 heavy (non-hydrogen) atoms. The van der Waals surface area contributed by atoms with E-state index in [1.54, 1.807) is 19.3 Å². The fraction of sp³-hybridized carbons (Fsp3) is 0.286. The highest BCUT2D eigenvalue weighted by Crippen LogP contribution is 2.31. The van der Waals surface area contributed by atoms with Crippen molar-refractivity contribution >= 4 is 17.7 Å². The molecule has 0 spiro atoms. The second kappa shape index (κ2) is 8.49. The number of fused-ring (bicyclic) bond motifs is 1. The van der Waals surface area contributed by atoms with E-state index in [2.05, 4.69) is 22.3 Å². The lowest BCUT2D eigenvalue weighted by atomic mass is 10.1. The van der Waals surface area contributed by atoms with Gasteiger partial charge in [0.15, 0.2) is 11.5 Å². The molecule has 1 amide bonds. The molecule has 3 rings (SSSR count). The summed E-state index contributed by atoms with van der Waals surface area (Å²) in [5.41, 5.74) is 3.19. The Hall–Kier alpha value is -3.15. The number of nitrogens with zero attached hydrogens (tertiary/aromatic N) is 1. The van der Waals surface area contributed by atoms with Gasteiger partial charge in [-0.3, -0.25) is 4.79 Å². The van der Waals surface area contributed by atoms with Crippen LogP contribution < -0.4 is 15.0 Å². The van der Waals surface area contributed by atoms with Crippen LogP contribution in [0, 0.1) is 0 Å². The molecule has 0 unspecified atom stereocenters. The van der Waals surface area contributed by atoms with Gasteiger partial charge in [0.1, 0.15) is 5.75 Å². The number of methoxy groups -OCH3 is 1. The van der Waals surface area contributed by atoms with Crippen molar-refractivity contribution < 1.29 is 19.7 Å². The predicted molar refractivity (Wildman–Crippen MR) is 105 cm³/mol. The molecular weight excluding hydrogens is 344 g/mol. The number of hydrogen-bond acceptors (Lipinski definition) is 5. The van der Waals surface area contributed by atoms with Gasteiger partial charge in [-0.25, -0.2) is 0 Å². The highest BCUT2D eigenvalue weighted by atomic mass is 16.5. The first-order chi connectivity index (χ1) is 13.1. The maximum atomic E-state index is 11.9. The number of nitrogens with one attached hydrogen (secondary N) is 1. The second-order valence-corrected chi connectivity index (χ2v) is 6.46. The number of phenolic OH excluding ortho intramolecular Hbond substituents is 2. The molecular formula is C21H24N2O4. The average molecular weight is 368 g/mol. The number of benzene rings is 2. The van der Waals surface area contributed by atoms with Gasteiger partial charge in [-0.1, -0.05) is 6.07 Å². The van der Waals surface area contributed by atoms with Crippen molar-refractivity contribution in [1.29, 1.82) is 0 Å². The van der Waals surface area contributed by atoms with Gasteiger partial charge < -0.3 is 25.2 Å². The summed E-state index contributed by atoms with van der Waals surface area (Å²) in [5.74, 6) is 0.310. The van der Waals surface area contributed by atoms with Gasteiger partial charge in [0.05, 0.1) is 7.11 Å². The number of anilines is 1. The van der Waals surface area contributed by atoms with Crippen LogP contribution >= 0.6 is 0 Å². The first kappa shape index (κ1) is 18.6. The normalized spacial score (nSPS) is 13.0. The predicted octanol–water partition coefficient (Wildman–Crippen LogP) is 2.69. The first-order valence-corrected chi connectivity index (χ1v) is 8.96. The summed E-state index contributed by atoms with van der Waals surface area (Å²) in [6.07, 6.45) is 4.88. The standard InChI is InChI=1S/C21H24N2O4/c1-27-17-5-6-18-16(14-17)9-12-23(18)11-2-10-22-21(26)8-4-15-3-7-19(24)20(25)13-15/h3-8,13-14,24-25H,2,9-12H2,1H3,(H,22,26)/b8-4+. The van der Waals surface area contributed by atoms with Crippen LogP contribution in [0.25, 0.3) is 6.08 Å². The lowest BCUT2D eigenvalue weighted by Gasteiger charge is -2.19. The highest BCUT2D eigenvalue weighted by Gasteiger charge is 2.18. The highest BCUT2D eigenvalue weighted by molar-refractivity contribution is 5.91. The molecule has 0 saturated heterocycles. The monoisotopic (exact) mass is 368 g/mol. The quantitative estimate of drug-likeness (QED) is 0.398. The molecule has 0 radical (unpaired) electrons. The first-order valence-electron chi connectivity index (χ1n) is 8.96. The second-order valence-electron chi connectivity index (χ2n) is 6.46. The van der Waals surface area contributed by atoms with E-state index in [-0.39, 0.29) is 17.4 Å². The number of amides is 1. The van der Waals surface area contributed by atoms with Crippen molar-refractivity contribution in [3.8, 4) is 17.2 Å². The van der Waals surface area contributed by atoms with E-state index in [9.17, 15) is 15.0 Å². The summed E-state index contributed by atoms with van der Waals surface area (Å²) in [5, 5.41) is 21.6. The van der Waals surface area contributed by atoms with Gasteiger partial charge >= 0.3 is 0 Å². The Labute approximate surface area is 158 Å². The molecule has 0 atom stereocenters. The molecule has 0 fully saturated rings. The van der Waals surface area contributed by atoms with Crippen molar-refractivity contribution in [1.82, 2.24) is 5.32 Å². The molecule has 1 aliphatic rings. The van der Waals surface area contributed by atoms with E-state index < -0.39 is 0 Å². The van der Waals surface area contributed by atoms with Gasteiger partial charge in [-0.2, -0.15) is 0 Å². The van der Waals surface area contributed by atoms with Crippen molar-refractivity contribution in [3.05, 3.63) is 53.6 Å². The fourth-order valence-electron chi connectivity index (χ4n) is 3.16. The van der Waals surface area contributed by atoms with Crippen LogP contribution in [0.4, 0.5) is 5.69 Å². The zero-order chi connectivity index (χ0) is 19.2. The molecule has 1 aliphatic heterocycles. The zero-order valence-corrected chi connectivity index (χ0v) is 15.3. The molecule has 0 saturated carbocycles. The number of phenols is 2. The van der Waals surface area contributed by atoms with Crippen LogP contribution in [0.1, 0.15) is 17.5 Å². The lowest BCUT2D eigenvalue weighted by Crippen LogP contribution is -2.28. The Morgan fingerprint density at radius 2 is 2.07 bits per heavy atom. The maximum Gasteiger partial charge on any atom is 0.244 e. The summed E-state index contributed by atoms with van der Waals surface area (Å²) >= 11 is 0. The van der Waals surface area contributed by atoms with E-state index in [1.807, 2.05) is 6.07 Å². The van der Waals surface area contributed by atoms with Crippen LogP contribution in [-0.4, -0.2) is 42.9 Å². The van der Waals surface area contributed by atoms with Crippen molar-refractivity contribution in [2.45, 2.75) is 12.8 Å². The molecule has 0 aliphatic carbocycles. The number of aromatic hydroxyl groups is 2. The summed E-state index contributed by atoms with van der Waals surface area (Å²) in [4.78, 5) is 14.2. The van der Waals surface area contributed by atoms with E-state index in [4.69, 9.17) is 4.74 Å². The number of ether oxygens (including phenoxy) is 1. The minimum absolute atomic E-state index is 0.182. The van der Waals surface area contributed by atoms with Crippen LogP contribution in [0.15, 0.2) is 42.5 Å². The van der Waals surface area contributed by atoms with Gasteiger partial charge in [-0.15, -0.1) is 0 Å². The Kier molecular flexibility index (Phi) is 5.86. The molecule has 2 aromatic rings. The van der Waals surface area contributed by atoms with Gasteiger partial charge in [-0.05, 0) is 60.4 Å². The van der Waals surface area contributed by atoms with Gasteiger partial charge in [0, 0.05) is 31.4 Å².